The van der Waals surface area contributed by atoms with Gasteiger partial charge < -0.3 is 0 Å². The number of rotatable bonds is 22. The van der Waals surface area contributed by atoms with Crippen LogP contribution in [0.15, 0.2) is 0 Å². The van der Waals surface area contributed by atoms with E-state index in [0.29, 0.717) is 0 Å². The summed E-state index contributed by atoms with van der Waals surface area (Å²) in [4.78, 5) is 0. The Morgan fingerprint density at radius 3 is 1.23 bits per heavy atom. The molecule has 2 unspecified atom stereocenters. The lowest BCUT2D eigenvalue weighted by atomic mass is 9.91. The fourth-order valence-electron chi connectivity index (χ4n) is 4.21. The van der Waals surface area contributed by atoms with Gasteiger partial charge in [0.25, 0.3) is 0 Å². The Balaban J connectivity index is 3.35. The zero-order valence-electron chi connectivity index (χ0n) is 21.1. The van der Waals surface area contributed by atoms with Crippen molar-refractivity contribution in [2.75, 3.05) is 0 Å². The highest BCUT2D eigenvalue weighted by Gasteiger charge is 2.06. The van der Waals surface area contributed by atoms with Gasteiger partial charge in [-0.3, -0.25) is 0 Å². The van der Waals surface area contributed by atoms with Crippen LogP contribution >= 0.6 is 0 Å². The van der Waals surface area contributed by atoms with E-state index in [2.05, 4.69) is 39.5 Å². The molecule has 2 atom stereocenters. The van der Waals surface area contributed by atoms with E-state index in [9.17, 15) is 0 Å². The maximum absolute atomic E-state index is 3.93. The molecule has 0 N–H and O–H groups in total. The smallest absolute Gasteiger partial charge is 0.00886 e. The molecule has 0 aliphatic rings. The van der Waals surface area contributed by atoms with E-state index in [4.69, 9.17) is 0 Å². The quantitative estimate of drug-likeness (QED) is 0.122. The summed E-state index contributed by atoms with van der Waals surface area (Å²) in [6.07, 6.45) is 29.3. The Labute approximate surface area is 192 Å². The molecule has 0 heteroatoms. The summed E-state index contributed by atoms with van der Waals surface area (Å²) in [6.45, 7) is 12.7. The molecule has 176 valence electrons. The molecule has 0 nitrogen and oxygen atoms in total. The highest BCUT2D eigenvalue weighted by molar-refractivity contribution is 4.98. The van der Waals surface area contributed by atoms with Gasteiger partial charge in [-0.2, -0.15) is 0 Å². The molecular weight excluding hydrogens is 360 g/mol. The Kier molecular flexibility index (Phi) is 24.5. The topological polar surface area (TPSA) is 0 Å². The summed E-state index contributed by atoms with van der Waals surface area (Å²) in [5.74, 6) is 8.62. The fraction of sp³-hybridized carbons (Fsp3) is 0.867. The van der Waals surface area contributed by atoms with E-state index in [-0.39, 0.29) is 0 Å². The van der Waals surface area contributed by atoms with Gasteiger partial charge in [-0.05, 0) is 24.7 Å². The molecule has 30 heavy (non-hydrogen) atoms. The van der Waals surface area contributed by atoms with Gasteiger partial charge in [-0.25, -0.2) is 0 Å². The molecule has 0 amide bonds. The summed E-state index contributed by atoms with van der Waals surface area (Å²) >= 11 is 0. The fourth-order valence-corrected chi connectivity index (χ4v) is 4.21. The van der Waals surface area contributed by atoms with Crippen molar-refractivity contribution in [1.82, 2.24) is 0 Å². The van der Waals surface area contributed by atoms with Gasteiger partial charge in [-0.1, -0.05) is 143 Å². The van der Waals surface area contributed by atoms with Crippen LogP contribution in [-0.4, -0.2) is 0 Å². The molecule has 0 spiro atoms. The molecule has 0 aromatic heterocycles. The predicted octanol–water partition coefficient (Wildman–Crippen LogP) is 10.5. The van der Waals surface area contributed by atoms with Gasteiger partial charge in [0.15, 0.2) is 0 Å². The highest BCUT2D eigenvalue weighted by atomic mass is 14.1. The van der Waals surface area contributed by atoms with Gasteiger partial charge >= 0.3 is 0 Å². The standard InChI is InChI=1S/C30H56/c1-5-7-9-11-12-13-14-15-16-17-18-19-20-22-24-26-30(4)28-27-29(3)25-23-21-10-8-6-2/h29-30H,1-2,5-17,20-28H2,3-4H3. The first-order chi connectivity index (χ1) is 14.7. The first kappa shape index (κ1) is 29.6. The second kappa shape index (κ2) is 24.8. The summed E-state index contributed by atoms with van der Waals surface area (Å²) in [6, 6.07) is 0. The minimum atomic E-state index is 0.894. The predicted molar refractivity (Wildman–Crippen MR) is 138 cm³/mol. The maximum Gasteiger partial charge on any atom is 0.00886 e. The van der Waals surface area contributed by atoms with Crippen molar-refractivity contribution in [2.24, 2.45) is 11.8 Å². The van der Waals surface area contributed by atoms with E-state index < -0.39 is 0 Å². The zero-order valence-corrected chi connectivity index (χ0v) is 21.1. The van der Waals surface area contributed by atoms with Crippen LogP contribution in [0.4, 0.5) is 0 Å². The normalized spacial score (nSPS) is 13.1. The molecule has 0 aromatic rings. The monoisotopic (exact) mass is 416 g/mol. The van der Waals surface area contributed by atoms with Crippen LogP contribution in [-0.2, 0) is 0 Å². The van der Waals surface area contributed by atoms with Gasteiger partial charge in [0.1, 0.15) is 0 Å². The third-order valence-corrected chi connectivity index (χ3v) is 6.52. The van der Waals surface area contributed by atoms with E-state index in [1.165, 1.54) is 116 Å². The van der Waals surface area contributed by atoms with Crippen LogP contribution in [0.5, 0.6) is 0 Å². The van der Waals surface area contributed by atoms with Crippen LogP contribution in [0.1, 0.15) is 155 Å². The van der Waals surface area contributed by atoms with Gasteiger partial charge in [-0.15, -0.1) is 11.8 Å². The molecule has 0 heterocycles. The molecular formula is C30H56. The minimum Gasteiger partial charge on any atom is -0.103 e. The van der Waals surface area contributed by atoms with E-state index in [1.807, 2.05) is 0 Å². The molecule has 0 rings (SSSR count). The Morgan fingerprint density at radius 2 is 0.767 bits per heavy atom. The Bertz CT molecular complexity index is 371. The van der Waals surface area contributed by atoms with Crippen LogP contribution in [0.3, 0.4) is 0 Å². The van der Waals surface area contributed by atoms with Gasteiger partial charge in [0.2, 0.25) is 0 Å². The number of unbranched alkanes of at least 4 members (excludes halogenated alkanes) is 15. The summed E-state index contributed by atoms with van der Waals surface area (Å²) < 4.78 is 0. The molecule has 0 saturated carbocycles. The number of hydrogen-bond donors (Lipinski definition) is 0. The van der Waals surface area contributed by atoms with Crippen molar-refractivity contribution in [3.05, 3.63) is 13.8 Å². The van der Waals surface area contributed by atoms with Crippen molar-refractivity contribution in [3.63, 3.8) is 0 Å². The SMILES string of the molecule is [CH2]CCCCCCCCCCC#CCCCCC(C)CCC(C)CCCCCC[CH2]. The minimum absolute atomic E-state index is 0.894. The number of hydrogen-bond acceptors (Lipinski definition) is 0. The summed E-state index contributed by atoms with van der Waals surface area (Å²) in [5, 5.41) is 0. The van der Waals surface area contributed by atoms with Crippen molar-refractivity contribution in [3.8, 4) is 11.8 Å². The second-order valence-electron chi connectivity index (χ2n) is 9.88. The van der Waals surface area contributed by atoms with Crippen molar-refractivity contribution >= 4 is 0 Å². The van der Waals surface area contributed by atoms with Gasteiger partial charge in [0, 0.05) is 12.8 Å². The first-order valence-electron chi connectivity index (χ1n) is 13.7. The Hall–Kier alpha value is -0.440. The molecule has 0 aliphatic carbocycles. The van der Waals surface area contributed by atoms with Crippen LogP contribution in [0.25, 0.3) is 0 Å². The average Bonchev–Trinajstić information content (AvgIpc) is 2.74. The molecule has 0 fully saturated rings. The molecule has 2 radical (unpaired) electrons. The van der Waals surface area contributed by atoms with E-state index >= 15 is 0 Å². The van der Waals surface area contributed by atoms with Crippen molar-refractivity contribution in [1.29, 1.82) is 0 Å². The van der Waals surface area contributed by atoms with Crippen molar-refractivity contribution < 1.29 is 0 Å². The Morgan fingerprint density at radius 1 is 0.433 bits per heavy atom. The lowest BCUT2D eigenvalue weighted by molar-refractivity contribution is 0.380. The summed E-state index contributed by atoms with van der Waals surface area (Å²) in [5.41, 5.74) is 0. The van der Waals surface area contributed by atoms with Crippen LogP contribution in [0.2, 0.25) is 0 Å². The lowest BCUT2D eigenvalue weighted by Crippen LogP contribution is -2.01. The first-order valence-corrected chi connectivity index (χ1v) is 13.7. The van der Waals surface area contributed by atoms with Crippen LogP contribution < -0.4 is 0 Å². The van der Waals surface area contributed by atoms with Crippen molar-refractivity contribution in [2.45, 2.75) is 155 Å². The van der Waals surface area contributed by atoms with Gasteiger partial charge in [0.05, 0.1) is 0 Å². The summed E-state index contributed by atoms with van der Waals surface area (Å²) in [7, 11) is 0. The second-order valence-corrected chi connectivity index (χ2v) is 9.88. The molecule has 0 saturated heterocycles. The third-order valence-electron chi connectivity index (χ3n) is 6.52. The molecule has 0 aliphatic heterocycles. The van der Waals surface area contributed by atoms with Crippen LogP contribution in [0, 0.1) is 37.5 Å². The van der Waals surface area contributed by atoms with E-state index in [1.54, 1.807) is 0 Å². The molecule has 0 aromatic carbocycles. The average molecular weight is 417 g/mol. The maximum atomic E-state index is 3.93. The van der Waals surface area contributed by atoms with E-state index in [0.717, 1.165) is 37.5 Å². The largest absolute Gasteiger partial charge is 0.103 e. The zero-order chi connectivity index (χ0) is 22.1. The molecule has 0 bridgehead atoms. The highest BCUT2D eigenvalue weighted by Crippen LogP contribution is 2.21. The lowest BCUT2D eigenvalue weighted by Gasteiger charge is -2.15. The third kappa shape index (κ3) is 23.8.